The first-order valence-electron chi connectivity index (χ1n) is 2.80. The number of carbonyl (C=O) groups is 2. The van der Waals surface area contributed by atoms with Crippen LogP contribution in [0.2, 0.25) is 0 Å². The minimum absolute atomic E-state index is 0. The van der Waals surface area contributed by atoms with E-state index in [4.69, 9.17) is 10.8 Å². The molecule has 0 unspecified atom stereocenters. The van der Waals surface area contributed by atoms with Crippen LogP contribution in [0.25, 0.3) is 0 Å². The Kier molecular flexibility index (Phi) is 44.4. The fourth-order valence-corrected chi connectivity index (χ4v) is 1.02. The molecule has 0 aliphatic rings. The van der Waals surface area contributed by atoms with E-state index in [0.717, 1.165) is 11.8 Å². The number of carboxylic acid groups (broad SMARTS) is 2. The zero-order valence-electron chi connectivity index (χ0n) is 8.65. The highest BCUT2D eigenvalue weighted by Crippen LogP contribution is 2.00. The average molecular weight is 268 g/mol. The molecule has 0 amide bonds. The van der Waals surface area contributed by atoms with Crippen molar-refractivity contribution in [1.82, 2.24) is 6.15 Å². The number of thioether (sulfide) groups is 1. The van der Waals surface area contributed by atoms with Crippen molar-refractivity contribution in [1.29, 1.82) is 0 Å². The normalized spacial score (nSPS) is 8.56. The Hall–Kier alpha value is -0.950. The van der Waals surface area contributed by atoms with Crippen molar-refractivity contribution in [3.63, 3.8) is 0 Å². The standard InChI is InChI=1S/C5H9NO4S.H3N.4H2O/c6-3(5(9)10)1-11-2-4(7)8;;;;;/h3H,1-2,6H2,(H,7,8)(H,9,10);1H3;4*1H2/t3-;;;;;/m0...../s1. The first-order valence-corrected chi connectivity index (χ1v) is 3.95. The van der Waals surface area contributed by atoms with Gasteiger partial charge in [-0.25, -0.2) is 0 Å². The minimum Gasteiger partial charge on any atom is -0.548 e. The Labute approximate surface area is 95.6 Å². The molecule has 1 atom stereocenters. The summed E-state index contributed by atoms with van der Waals surface area (Å²) in [6, 6.07) is -1.08. The van der Waals surface area contributed by atoms with Gasteiger partial charge in [0.1, 0.15) is 0 Å². The predicted octanol–water partition coefficient (Wildman–Crippen LogP) is -5.04. The molecule has 10 nitrogen and oxygen atoms in total. The quantitative estimate of drug-likeness (QED) is 0.438. The van der Waals surface area contributed by atoms with E-state index >= 15 is 0 Å². The van der Waals surface area contributed by atoms with Gasteiger partial charge in [-0.2, -0.15) is 0 Å². The molecule has 0 rings (SSSR count). The van der Waals surface area contributed by atoms with E-state index in [2.05, 4.69) is 0 Å². The Morgan fingerprint density at radius 2 is 1.62 bits per heavy atom. The number of carbonyl (C=O) groups excluding carboxylic acids is 1. The van der Waals surface area contributed by atoms with E-state index in [1.54, 1.807) is 0 Å². The van der Waals surface area contributed by atoms with Crippen LogP contribution in [-0.4, -0.2) is 56.5 Å². The van der Waals surface area contributed by atoms with Crippen LogP contribution in [0.15, 0.2) is 0 Å². The molecule has 104 valence electrons. The molecule has 0 saturated heterocycles. The summed E-state index contributed by atoms with van der Waals surface area (Å²) in [7, 11) is 0. The van der Waals surface area contributed by atoms with Gasteiger partial charge in [-0.15, -0.1) is 11.8 Å². The SMILES string of the molecule is N[C@@H](CSCC(=O)O)C(=O)[O-].O.O.O.O.[NH4+]. The molecule has 0 heterocycles. The van der Waals surface area contributed by atoms with Gasteiger partial charge in [0.15, 0.2) is 0 Å². The van der Waals surface area contributed by atoms with Crippen LogP contribution in [0.3, 0.4) is 0 Å². The molecule has 0 aliphatic heterocycles. The molecule has 16 heavy (non-hydrogen) atoms. The first-order chi connectivity index (χ1) is 5.04. The van der Waals surface area contributed by atoms with Gasteiger partial charge in [0.2, 0.25) is 0 Å². The minimum atomic E-state index is -1.36. The van der Waals surface area contributed by atoms with E-state index in [1.807, 2.05) is 0 Å². The molecule has 0 aliphatic carbocycles. The lowest BCUT2D eigenvalue weighted by molar-refractivity contribution is -0.306. The van der Waals surface area contributed by atoms with Crippen molar-refractivity contribution >= 4 is 23.7 Å². The Balaban J connectivity index is -0.0000000500. The number of hydrogen-bond acceptors (Lipinski definition) is 5. The van der Waals surface area contributed by atoms with Crippen LogP contribution >= 0.6 is 11.8 Å². The maximum absolute atomic E-state index is 9.98. The van der Waals surface area contributed by atoms with E-state index in [9.17, 15) is 14.7 Å². The highest BCUT2D eigenvalue weighted by Gasteiger charge is 2.04. The summed E-state index contributed by atoms with van der Waals surface area (Å²) in [5.41, 5.74) is 5.03. The molecular formula is C5H20N2O8S. The molecule has 0 radical (unpaired) electrons. The summed E-state index contributed by atoms with van der Waals surface area (Å²) in [5.74, 6) is -2.42. The summed E-state index contributed by atoms with van der Waals surface area (Å²) >= 11 is 0.952. The van der Waals surface area contributed by atoms with Crippen molar-refractivity contribution in [2.45, 2.75) is 6.04 Å². The predicted molar refractivity (Wildman–Crippen MR) is 58.4 cm³/mol. The number of rotatable bonds is 5. The Bertz CT molecular complexity index is 169. The van der Waals surface area contributed by atoms with Gasteiger partial charge in [0.25, 0.3) is 0 Å². The third-order valence-corrected chi connectivity index (χ3v) is 1.87. The number of quaternary nitrogens is 1. The summed E-state index contributed by atoms with van der Waals surface area (Å²) in [4.78, 5) is 19.9. The number of carboxylic acids is 2. The summed E-state index contributed by atoms with van der Waals surface area (Å²) in [6.45, 7) is 0. The molecular weight excluding hydrogens is 248 g/mol. The van der Waals surface area contributed by atoms with Crippen LogP contribution in [-0.2, 0) is 9.59 Å². The lowest BCUT2D eigenvalue weighted by Gasteiger charge is -2.10. The van der Waals surface area contributed by atoms with Gasteiger partial charge in [-0.3, -0.25) is 4.79 Å². The third kappa shape index (κ3) is 23.1. The van der Waals surface area contributed by atoms with Crippen molar-refractivity contribution in [2.24, 2.45) is 5.73 Å². The van der Waals surface area contributed by atoms with Crippen LogP contribution < -0.4 is 17.0 Å². The molecule has 11 heteroatoms. The maximum Gasteiger partial charge on any atom is 0.313 e. The van der Waals surface area contributed by atoms with Crippen LogP contribution in [0.5, 0.6) is 0 Å². The molecule has 0 aromatic heterocycles. The molecule has 0 aromatic carbocycles. The van der Waals surface area contributed by atoms with Crippen molar-refractivity contribution < 1.29 is 41.7 Å². The average Bonchev–Trinajstić information content (AvgIpc) is 1.86. The molecule has 0 aromatic rings. The molecule has 0 saturated carbocycles. The van der Waals surface area contributed by atoms with Crippen LogP contribution in [0.1, 0.15) is 0 Å². The molecule has 0 fully saturated rings. The van der Waals surface area contributed by atoms with E-state index in [-0.39, 0.29) is 39.6 Å². The first kappa shape index (κ1) is 36.3. The topological polar surface area (TPSA) is 266 Å². The summed E-state index contributed by atoms with van der Waals surface area (Å²) in [6.07, 6.45) is 0. The second kappa shape index (κ2) is 19.6. The number of nitrogens with two attached hydrogens (primary N) is 1. The zero-order valence-corrected chi connectivity index (χ0v) is 9.47. The smallest absolute Gasteiger partial charge is 0.313 e. The number of hydrogen-bond donors (Lipinski definition) is 3. The van der Waals surface area contributed by atoms with E-state index < -0.39 is 18.0 Å². The van der Waals surface area contributed by atoms with Gasteiger partial charge in [-0.1, -0.05) is 0 Å². The highest BCUT2D eigenvalue weighted by atomic mass is 32.2. The lowest BCUT2D eigenvalue weighted by Crippen LogP contribution is -2.43. The molecule has 0 spiro atoms. The zero-order chi connectivity index (χ0) is 8.85. The van der Waals surface area contributed by atoms with Crippen molar-refractivity contribution in [3.8, 4) is 0 Å². The van der Waals surface area contributed by atoms with E-state index in [1.165, 1.54) is 0 Å². The van der Waals surface area contributed by atoms with Gasteiger partial charge in [0, 0.05) is 5.75 Å². The Morgan fingerprint density at radius 3 is 1.88 bits per heavy atom. The van der Waals surface area contributed by atoms with Gasteiger partial charge in [0.05, 0.1) is 17.8 Å². The van der Waals surface area contributed by atoms with Crippen molar-refractivity contribution in [3.05, 3.63) is 0 Å². The summed E-state index contributed by atoms with van der Waals surface area (Å²) in [5, 5.41) is 18.1. The monoisotopic (exact) mass is 268 g/mol. The van der Waals surface area contributed by atoms with Crippen LogP contribution in [0, 0.1) is 0 Å². The fourth-order valence-electron chi connectivity index (χ4n) is 0.341. The molecule has 15 N–H and O–H groups in total. The lowest BCUT2D eigenvalue weighted by atomic mass is 10.4. The number of aliphatic carboxylic acids is 2. The van der Waals surface area contributed by atoms with E-state index in [0.29, 0.717) is 0 Å². The van der Waals surface area contributed by atoms with Crippen LogP contribution in [0.4, 0.5) is 0 Å². The fraction of sp³-hybridized carbons (Fsp3) is 0.600. The summed E-state index contributed by atoms with van der Waals surface area (Å²) < 4.78 is 0. The molecule has 0 bridgehead atoms. The van der Waals surface area contributed by atoms with Gasteiger partial charge >= 0.3 is 5.97 Å². The van der Waals surface area contributed by atoms with Gasteiger partial charge < -0.3 is 48.8 Å². The van der Waals surface area contributed by atoms with Gasteiger partial charge in [-0.05, 0) is 0 Å². The second-order valence-electron chi connectivity index (χ2n) is 1.83. The third-order valence-electron chi connectivity index (χ3n) is 0.826. The highest BCUT2D eigenvalue weighted by molar-refractivity contribution is 8.00. The maximum atomic E-state index is 9.98. The second-order valence-corrected chi connectivity index (χ2v) is 2.86. The largest absolute Gasteiger partial charge is 0.548 e. The Morgan fingerprint density at radius 1 is 1.25 bits per heavy atom. The van der Waals surface area contributed by atoms with Crippen molar-refractivity contribution in [2.75, 3.05) is 11.5 Å².